The molecule has 0 aromatic rings. The van der Waals surface area contributed by atoms with Crippen molar-refractivity contribution in [3.05, 3.63) is 36.0 Å². The monoisotopic (exact) mass is 564 g/mol. The van der Waals surface area contributed by atoms with Crippen LogP contribution in [0.4, 0.5) is 0 Å². The van der Waals surface area contributed by atoms with Crippen molar-refractivity contribution in [3.8, 4) is 0 Å². The molecule has 1 heterocycles. The minimum atomic E-state index is -1.41. The molecular weight excluding hydrogens is 512 g/mol. The second-order valence-corrected chi connectivity index (χ2v) is 12.2. The summed E-state index contributed by atoms with van der Waals surface area (Å²) in [6.45, 7) is 12.9. The van der Waals surface area contributed by atoms with Crippen molar-refractivity contribution < 1.29 is 39.1 Å². The van der Waals surface area contributed by atoms with Gasteiger partial charge in [-0.3, -0.25) is 9.59 Å². The zero-order chi connectivity index (χ0) is 30.2. The maximum Gasteiger partial charge on any atom is 0.309 e. The molecule has 228 valence electrons. The zero-order valence-electron chi connectivity index (χ0n) is 25.6. The lowest BCUT2D eigenvalue weighted by Gasteiger charge is -2.32. The van der Waals surface area contributed by atoms with Crippen LogP contribution in [0, 0.1) is 29.6 Å². The first kappa shape index (κ1) is 34.2. The second kappa shape index (κ2) is 15.3. The molecule has 1 saturated carbocycles. The fourth-order valence-corrected chi connectivity index (χ4v) is 5.87. The first-order valence-corrected chi connectivity index (χ1v) is 14.7. The highest BCUT2D eigenvalue weighted by Crippen LogP contribution is 2.49. The number of methoxy groups -OCH3 is 1. The summed E-state index contributed by atoms with van der Waals surface area (Å²) in [5.41, 5.74) is -0.625. The topological polar surface area (TPSA) is 123 Å². The lowest BCUT2D eigenvalue weighted by Crippen LogP contribution is -2.42. The van der Waals surface area contributed by atoms with E-state index in [0.29, 0.717) is 11.8 Å². The van der Waals surface area contributed by atoms with E-state index < -0.39 is 42.0 Å². The molecule has 3 N–H and O–H groups in total. The Kier molecular flexibility index (Phi) is 13.1. The SMILES string of the molecule is CC[C@H](OC)[C@@H](C)[C@@H]1C[C@@H]1[C@@H](O)[C@H](C)C=CC=C(C)[C@H]1OC(=O)C[C@H](O)CC[C@@](C)(O)[C@@H](OC(C)=O)C=C[C@@H]1C. The molecule has 0 unspecified atom stereocenters. The molecule has 0 spiro atoms. The molecule has 1 aliphatic carbocycles. The first-order valence-electron chi connectivity index (χ1n) is 14.7. The van der Waals surface area contributed by atoms with Crippen LogP contribution < -0.4 is 0 Å². The molecule has 0 aromatic carbocycles. The van der Waals surface area contributed by atoms with E-state index in [1.165, 1.54) is 6.92 Å². The van der Waals surface area contributed by atoms with E-state index >= 15 is 0 Å². The summed E-state index contributed by atoms with van der Waals surface area (Å²) >= 11 is 0. The van der Waals surface area contributed by atoms with Gasteiger partial charge in [-0.2, -0.15) is 0 Å². The Morgan fingerprint density at radius 1 is 1.25 bits per heavy atom. The van der Waals surface area contributed by atoms with Crippen LogP contribution in [-0.2, 0) is 23.8 Å². The van der Waals surface area contributed by atoms with Crippen molar-refractivity contribution in [1.29, 1.82) is 0 Å². The van der Waals surface area contributed by atoms with Gasteiger partial charge in [0.2, 0.25) is 0 Å². The number of allylic oxidation sites excluding steroid dienone is 2. The third kappa shape index (κ3) is 9.82. The van der Waals surface area contributed by atoms with Gasteiger partial charge in [-0.05, 0) is 68.9 Å². The molecular formula is C32H52O8. The Morgan fingerprint density at radius 3 is 2.52 bits per heavy atom. The van der Waals surface area contributed by atoms with Crippen LogP contribution in [-0.4, -0.2) is 70.5 Å². The molecule has 2 aliphatic rings. The van der Waals surface area contributed by atoms with Crippen molar-refractivity contribution in [2.75, 3.05) is 7.11 Å². The molecule has 0 radical (unpaired) electrons. The number of esters is 2. The Bertz CT molecular complexity index is 918. The van der Waals surface area contributed by atoms with Gasteiger partial charge in [-0.25, -0.2) is 0 Å². The standard InChI is InChI=1S/C32H52O8/c1-9-27(38-8)22(5)25-18-26(25)30(36)19(2)11-10-12-20(3)31-21(4)13-14-28(39-23(6)33)32(7,37)16-15-24(34)17-29(35)40-31/h10-14,19,21-22,24-28,30-31,34,36-37H,9,15-18H2,1-8H3/t19-,21+,22+,24-,25+,26+,27+,28+,30+,31-,32-/m1/s1. The quantitative estimate of drug-likeness (QED) is 0.201. The number of rotatable bonds is 10. The summed E-state index contributed by atoms with van der Waals surface area (Å²) < 4.78 is 16.8. The summed E-state index contributed by atoms with van der Waals surface area (Å²) in [6.07, 6.45) is 8.42. The number of ether oxygens (including phenoxy) is 3. The van der Waals surface area contributed by atoms with Crippen LogP contribution in [0.3, 0.4) is 0 Å². The predicted octanol–water partition coefficient (Wildman–Crippen LogP) is 4.51. The van der Waals surface area contributed by atoms with Crippen molar-refractivity contribution >= 4 is 11.9 Å². The van der Waals surface area contributed by atoms with Gasteiger partial charge >= 0.3 is 11.9 Å². The fourth-order valence-electron chi connectivity index (χ4n) is 5.87. The average molecular weight is 565 g/mol. The highest BCUT2D eigenvalue weighted by Gasteiger charge is 2.48. The number of aliphatic hydroxyl groups excluding tert-OH is 2. The van der Waals surface area contributed by atoms with E-state index in [1.807, 2.05) is 39.0 Å². The Hall–Kier alpha value is -2.00. The number of aliphatic hydroxyl groups is 3. The molecule has 0 saturated heterocycles. The fraction of sp³-hybridized carbons (Fsp3) is 0.750. The van der Waals surface area contributed by atoms with Crippen LogP contribution in [0.25, 0.3) is 0 Å². The van der Waals surface area contributed by atoms with Gasteiger partial charge in [0.15, 0.2) is 0 Å². The smallest absolute Gasteiger partial charge is 0.309 e. The zero-order valence-corrected chi connectivity index (χ0v) is 25.6. The van der Waals surface area contributed by atoms with Gasteiger partial charge in [0.1, 0.15) is 17.8 Å². The van der Waals surface area contributed by atoms with Crippen LogP contribution in [0.5, 0.6) is 0 Å². The second-order valence-electron chi connectivity index (χ2n) is 12.2. The number of carbonyl (C=O) groups excluding carboxylic acids is 2. The minimum absolute atomic E-state index is 0.0492. The van der Waals surface area contributed by atoms with E-state index in [1.54, 1.807) is 26.2 Å². The van der Waals surface area contributed by atoms with Gasteiger partial charge in [-0.15, -0.1) is 0 Å². The Balaban J connectivity index is 2.16. The molecule has 1 aliphatic heterocycles. The summed E-state index contributed by atoms with van der Waals surface area (Å²) in [5, 5.41) is 32.3. The lowest BCUT2D eigenvalue weighted by atomic mass is 9.88. The number of cyclic esters (lactones) is 1. The summed E-state index contributed by atoms with van der Waals surface area (Å²) in [5.74, 6) is -0.272. The largest absolute Gasteiger partial charge is 0.457 e. The Morgan fingerprint density at radius 2 is 1.93 bits per heavy atom. The van der Waals surface area contributed by atoms with E-state index in [-0.39, 0.29) is 43.1 Å². The minimum Gasteiger partial charge on any atom is -0.457 e. The molecule has 0 aromatic heterocycles. The summed E-state index contributed by atoms with van der Waals surface area (Å²) in [7, 11) is 1.75. The van der Waals surface area contributed by atoms with E-state index in [0.717, 1.165) is 18.4 Å². The molecule has 0 amide bonds. The Labute approximate surface area is 240 Å². The number of carbonyl (C=O) groups is 2. The molecule has 40 heavy (non-hydrogen) atoms. The van der Waals surface area contributed by atoms with Crippen LogP contribution >= 0.6 is 0 Å². The molecule has 8 heteroatoms. The lowest BCUT2D eigenvalue weighted by molar-refractivity contribution is -0.157. The third-order valence-corrected chi connectivity index (χ3v) is 8.68. The molecule has 0 bridgehead atoms. The van der Waals surface area contributed by atoms with Gasteiger partial charge in [0, 0.05) is 25.9 Å². The normalized spacial score (nSPS) is 35.2. The van der Waals surface area contributed by atoms with Crippen molar-refractivity contribution in [3.63, 3.8) is 0 Å². The van der Waals surface area contributed by atoms with E-state index in [2.05, 4.69) is 13.8 Å². The van der Waals surface area contributed by atoms with Crippen LogP contribution in [0.1, 0.15) is 80.6 Å². The maximum atomic E-state index is 12.6. The summed E-state index contributed by atoms with van der Waals surface area (Å²) in [6, 6.07) is 0. The summed E-state index contributed by atoms with van der Waals surface area (Å²) in [4.78, 5) is 24.3. The van der Waals surface area contributed by atoms with Crippen LogP contribution in [0.15, 0.2) is 36.0 Å². The van der Waals surface area contributed by atoms with E-state index in [9.17, 15) is 24.9 Å². The van der Waals surface area contributed by atoms with E-state index in [4.69, 9.17) is 14.2 Å². The molecule has 2 rings (SSSR count). The maximum absolute atomic E-state index is 12.6. The number of hydrogen-bond donors (Lipinski definition) is 3. The highest BCUT2D eigenvalue weighted by atomic mass is 16.6. The van der Waals surface area contributed by atoms with Gasteiger partial charge in [0.25, 0.3) is 0 Å². The first-order chi connectivity index (χ1) is 18.7. The van der Waals surface area contributed by atoms with Gasteiger partial charge in [0.05, 0.1) is 24.7 Å². The average Bonchev–Trinajstić information content (AvgIpc) is 3.68. The molecule has 1 fully saturated rings. The third-order valence-electron chi connectivity index (χ3n) is 8.68. The van der Waals surface area contributed by atoms with Crippen LogP contribution in [0.2, 0.25) is 0 Å². The predicted molar refractivity (Wildman–Crippen MR) is 154 cm³/mol. The number of hydrogen-bond acceptors (Lipinski definition) is 8. The highest BCUT2D eigenvalue weighted by molar-refractivity contribution is 5.70. The molecule has 8 nitrogen and oxygen atoms in total. The van der Waals surface area contributed by atoms with Gasteiger partial charge in [-0.1, -0.05) is 52.0 Å². The van der Waals surface area contributed by atoms with Gasteiger partial charge < -0.3 is 29.5 Å². The van der Waals surface area contributed by atoms with Crippen molar-refractivity contribution in [1.82, 2.24) is 0 Å². The van der Waals surface area contributed by atoms with Crippen molar-refractivity contribution in [2.24, 2.45) is 29.6 Å². The molecule has 11 atom stereocenters. The van der Waals surface area contributed by atoms with Crippen molar-refractivity contribution in [2.45, 2.75) is 117 Å².